The molecule has 0 aromatic rings. The Morgan fingerprint density at radius 3 is 0.600 bits per heavy atom. The Kier molecular flexibility index (Phi) is 243. The third-order valence-corrected chi connectivity index (χ3v) is 0. The second-order valence-corrected chi connectivity index (χ2v) is 0. The molecule has 0 aliphatic rings. The molecule has 0 nitrogen and oxygen atoms in total. The van der Waals surface area contributed by atoms with Crippen LogP contribution >= 0.6 is 0 Å². The van der Waals surface area contributed by atoms with Gasteiger partial charge in [0.1, 0.15) is 0 Å². The SMILES string of the molecule is [Mg+2].[Se-2].[Se-2].[Se-2].[W+4]. The van der Waals surface area contributed by atoms with Crippen molar-refractivity contribution in [2.24, 2.45) is 0 Å². The maximum atomic E-state index is 0. The van der Waals surface area contributed by atoms with Gasteiger partial charge in [0.25, 0.3) is 0 Å². The summed E-state index contributed by atoms with van der Waals surface area (Å²) in [5.74, 6) is 0. The first-order valence-corrected chi connectivity index (χ1v) is 0. The van der Waals surface area contributed by atoms with Crippen molar-refractivity contribution in [3.63, 3.8) is 0 Å². The van der Waals surface area contributed by atoms with Crippen LogP contribution < -0.4 is 0 Å². The monoisotopic (exact) mass is 448 g/mol. The molecule has 0 saturated carbocycles. The van der Waals surface area contributed by atoms with Crippen molar-refractivity contribution in [2.75, 3.05) is 0 Å². The molecule has 0 aliphatic carbocycles. The average molecular weight is 445 g/mol. The van der Waals surface area contributed by atoms with Crippen LogP contribution in [-0.4, -0.2) is 74.3 Å². The van der Waals surface area contributed by atoms with Crippen LogP contribution in [0.4, 0.5) is 0 Å². The molecule has 0 unspecified atom stereocenters. The molecule has 0 fully saturated rings. The van der Waals surface area contributed by atoms with Gasteiger partial charge in [-0.15, -0.1) is 0 Å². The van der Waals surface area contributed by atoms with Crippen LogP contribution in [0.5, 0.6) is 0 Å². The number of rotatable bonds is 0. The van der Waals surface area contributed by atoms with E-state index in [0.29, 0.717) is 0 Å². The Hall–Kier alpha value is 3.01. The number of hydrogen-bond acceptors (Lipinski definition) is 0. The van der Waals surface area contributed by atoms with Gasteiger partial charge >= 0.3 is 44.1 Å². The van der Waals surface area contributed by atoms with Gasteiger partial charge in [-0.2, -0.15) is 0 Å². The molecule has 0 radical (unpaired) electrons. The van der Waals surface area contributed by atoms with E-state index in [9.17, 15) is 0 Å². The largest absolute Gasteiger partial charge is 4.00 e. The zero-order chi connectivity index (χ0) is 0. The summed E-state index contributed by atoms with van der Waals surface area (Å²) in [4.78, 5) is 0. The quantitative estimate of drug-likeness (QED) is 0.398. The smallest absolute Gasteiger partial charge is 2.00 e. The summed E-state index contributed by atoms with van der Waals surface area (Å²) in [6.45, 7) is 0. The Balaban J connectivity index is 0. The van der Waals surface area contributed by atoms with Gasteiger partial charge in [0.15, 0.2) is 0 Å². The molecule has 0 spiro atoms. The zero-order valence-electron chi connectivity index (χ0n) is 2.34. The van der Waals surface area contributed by atoms with Gasteiger partial charge in [0.05, 0.1) is 0 Å². The van der Waals surface area contributed by atoms with E-state index in [2.05, 4.69) is 0 Å². The molecular formula is MgSe3W. The molecule has 0 bridgehead atoms. The van der Waals surface area contributed by atoms with Crippen molar-refractivity contribution in [1.82, 2.24) is 0 Å². The number of hydrogen-bond donors (Lipinski definition) is 0. The van der Waals surface area contributed by atoms with Crippen molar-refractivity contribution >= 4 is 74.3 Å². The van der Waals surface area contributed by atoms with Crippen LogP contribution in [0.2, 0.25) is 0 Å². The topological polar surface area (TPSA) is 0 Å². The minimum atomic E-state index is 0. The van der Waals surface area contributed by atoms with Gasteiger partial charge in [-0.3, -0.25) is 0 Å². The van der Waals surface area contributed by atoms with Crippen LogP contribution in [-0.2, 0) is 21.1 Å². The van der Waals surface area contributed by atoms with Crippen LogP contribution in [0.15, 0.2) is 0 Å². The minimum absolute atomic E-state index is 0. The van der Waals surface area contributed by atoms with Crippen molar-refractivity contribution in [3.05, 3.63) is 0 Å². The van der Waals surface area contributed by atoms with Crippen LogP contribution in [0.3, 0.4) is 0 Å². The predicted octanol–water partition coefficient (Wildman–Crippen LogP) is -1.53. The van der Waals surface area contributed by atoms with E-state index in [-0.39, 0.29) is 95.3 Å². The molecule has 0 amide bonds. The fourth-order valence-corrected chi connectivity index (χ4v) is 0. The Bertz CT molecular complexity index is 6.85. The summed E-state index contributed by atoms with van der Waals surface area (Å²) in [6, 6.07) is 0. The first-order chi connectivity index (χ1) is 0. The summed E-state index contributed by atoms with van der Waals surface area (Å²) in [6.07, 6.45) is 0. The molecule has 0 N–H and O–H groups in total. The average Bonchev–Trinajstić information content (AvgIpc) is 0. The molecule has 0 aromatic carbocycles. The maximum Gasteiger partial charge on any atom is 4.00 e. The van der Waals surface area contributed by atoms with Crippen LogP contribution in [0.1, 0.15) is 0 Å². The van der Waals surface area contributed by atoms with Gasteiger partial charge in [0.2, 0.25) is 0 Å². The molecule has 0 saturated heterocycles. The first kappa shape index (κ1) is 43.4. The van der Waals surface area contributed by atoms with Crippen molar-refractivity contribution < 1.29 is 21.1 Å². The molecular weight excluding hydrogens is 445 g/mol. The molecule has 5 heteroatoms. The molecule has 0 atom stereocenters. The van der Waals surface area contributed by atoms with E-state index in [1.54, 1.807) is 0 Å². The van der Waals surface area contributed by atoms with Crippen molar-refractivity contribution in [2.45, 2.75) is 0 Å². The first-order valence-electron chi connectivity index (χ1n) is 0. The second kappa shape index (κ2) is 27.9. The fourth-order valence-electron chi connectivity index (χ4n) is 0. The Morgan fingerprint density at radius 1 is 0.600 bits per heavy atom. The van der Waals surface area contributed by atoms with Crippen molar-refractivity contribution in [3.8, 4) is 0 Å². The summed E-state index contributed by atoms with van der Waals surface area (Å²) in [5.41, 5.74) is 0. The third kappa shape index (κ3) is 19.4. The molecule has 0 heterocycles. The summed E-state index contributed by atoms with van der Waals surface area (Å²) < 4.78 is 0. The van der Waals surface area contributed by atoms with E-state index < -0.39 is 0 Å². The zero-order valence-corrected chi connectivity index (χ0v) is 11.8. The van der Waals surface area contributed by atoms with Gasteiger partial charge in [-0.25, -0.2) is 0 Å². The second-order valence-electron chi connectivity index (χ2n) is 0. The predicted molar refractivity (Wildman–Crippen MR) is 23.0 cm³/mol. The Morgan fingerprint density at radius 2 is 0.600 bits per heavy atom. The Labute approximate surface area is 93.8 Å². The van der Waals surface area contributed by atoms with E-state index in [1.807, 2.05) is 0 Å². The minimum Gasteiger partial charge on any atom is -2.00 e. The molecule has 0 aromatic heterocycles. The van der Waals surface area contributed by atoms with E-state index in [0.717, 1.165) is 0 Å². The van der Waals surface area contributed by atoms with Crippen molar-refractivity contribution in [1.29, 1.82) is 0 Å². The van der Waals surface area contributed by atoms with Crippen LogP contribution in [0, 0.1) is 0 Å². The standard InChI is InChI=1S/Mg.3Se.W/q+2;3*-2;+4. The molecule has 0 aliphatic heterocycles. The summed E-state index contributed by atoms with van der Waals surface area (Å²) >= 11 is 0. The van der Waals surface area contributed by atoms with Gasteiger partial charge in [-0.1, -0.05) is 0 Å². The van der Waals surface area contributed by atoms with Crippen LogP contribution in [0.25, 0.3) is 0 Å². The molecule has 26 valence electrons. The van der Waals surface area contributed by atoms with E-state index >= 15 is 0 Å². The van der Waals surface area contributed by atoms with E-state index in [4.69, 9.17) is 0 Å². The normalized spacial score (nSPS) is 0. The van der Waals surface area contributed by atoms with E-state index in [1.165, 1.54) is 0 Å². The fraction of sp³-hybridized carbons (Fsp3) is 0. The third-order valence-electron chi connectivity index (χ3n) is 0. The van der Waals surface area contributed by atoms with Gasteiger partial charge in [-0.05, 0) is 0 Å². The summed E-state index contributed by atoms with van der Waals surface area (Å²) in [7, 11) is 0. The van der Waals surface area contributed by atoms with Gasteiger partial charge in [0, 0.05) is 0 Å². The van der Waals surface area contributed by atoms with Gasteiger partial charge < -0.3 is 51.2 Å². The summed E-state index contributed by atoms with van der Waals surface area (Å²) in [5, 5.41) is 0. The molecule has 5 heavy (non-hydrogen) atoms. The maximum absolute atomic E-state index is 0. The molecule has 0 rings (SSSR count).